The highest BCUT2D eigenvalue weighted by molar-refractivity contribution is 7.99. The van der Waals surface area contributed by atoms with E-state index in [-0.39, 0.29) is 11.9 Å². The zero-order chi connectivity index (χ0) is 16.2. The van der Waals surface area contributed by atoms with E-state index >= 15 is 0 Å². The molecular formula is C16H26N4OS. The molecule has 1 rings (SSSR count). The third-order valence-corrected chi connectivity index (χ3v) is 3.74. The van der Waals surface area contributed by atoms with Gasteiger partial charge >= 0.3 is 0 Å². The Labute approximate surface area is 137 Å². The van der Waals surface area contributed by atoms with E-state index in [0.717, 1.165) is 18.3 Å². The van der Waals surface area contributed by atoms with Crippen LogP contribution in [0, 0.1) is 0 Å². The number of thioether (sulfide) groups is 1. The first-order valence-corrected chi connectivity index (χ1v) is 8.52. The Morgan fingerprint density at radius 1 is 1.18 bits per heavy atom. The van der Waals surface area contributed by atoms with Gasteiger partial charge in [-0.15, -0.1) is 11.8 Å². The Balaban J connectivity index is 2.13. The molecule has 0 fully saturated rings. The van der Waals surface area contributed by atoms with Crippen molar-refractivity contribution in [2.75, 3.05) is 25.9 Å². The fourth-order valence-electron chi connectivity index (χ4n) is 1.76. The molecule has 0 spiro atoms. The number of carbonyl (C=O) groups is 1. The molecule has 0 unspecified atom stereocenters. The Kier molecular flexibility index (Phi) is 9.14. The first-order valence-electron chi connectivity index (χ1n) is 7.53. The standard InChI is InChI=1S/C16H26N4OS/c1-13(2)20-15(21)9-10-18-16(17-3)19-11-12-22-14-7-5-4-6-8-14/h4-8,13H,9-12H2,1-3H3,(H,20,21)(H2,17,18,19). The molecule has 122 valence electrons. The van der Waals surface area contributed by atoms with Gasteiger partial charge in [0.2, 0.25) is 5.91 Å². The normalized spacial score (nSPS) is 11.4. The fraction of sp³-hybridized carbons (Fsp3) is 0.500. The molecule has 0 aliphatic heterocycles. The van der Waals surface area contributed by atoms with Gasteiger partial charge in [-0.1, -0.05) is 18.2 Å². The third kappa shape index (κ3) is 8.56. The maximum atomic E-state index is 11.5. The highest BCUT2D eigenvalue weighted by Crippen LogP contribution is 2.15. The van der Waals surface area contributed by atoms with Crippen LogP contribution in [0.2, 0.25) is 0 Å². The van der Waals surface area contributed by atoms with Crippen LogP contribution in [0.1, 0.15) is 20.3 Å². The van der Waals surface area contributed by atoms with Crippen LogP contribution in [-0.2, 0) is 4.79 Å². The summed E-state index contributed by atoms with van der Waals surface area (Å²) in [6, 6.07) is 10.5. The topological polar surface area (TPSA) is 65.5 Å². The molecule has 5 nitrogen and oxygen atoms in total. The number of benzene rings is 1. The second-order valence-electron chi connectivity index (χ2n) is 5.06. The smallest absolute Gasteiger partial charge is 0.221 e. The average molecular weight is 322 g/mol. The summed E-state index contributed by atoms with van der Waals surface area (Å²) in [4.78, 5) is 16.9. The highest BCUT2D eigenvalue weighted by Gasteiger charge is 2.03. The summed E-state index contributed by atoms with van der Waals surface area (Å²) in [6.45, 7) is 5.30. The monoisotopic (exact) mass is 322 g/mol. The molecule has 0 saturated heterocycles. The summed E-state index contributed by atoms with van der Waals surface area (Å²) >= 11 is 1.80. The van der Waals surface area contributed by atoms with Crippen LogP contribution in [0.3, 0.4) is 0 Å². The van der Waals surface area contributed by atoms with Gasteiger partial charge < -0.3 is 16.0 Å². The molecule has 0 aliphatic rings. The summed E-state index contributed by atoms with van der Waals surface area (Å²) in [7, 11) is 1.73. The van der Waals surface area contributed by atoms with Gasteiger partial charge in [0, 0.05) is 43.2 Å². The molecule has 0 atom stereocenters. The van der Waals surface area contributed by atoms with Gasteiger partial charge in [-0.3, -0.25) is 9.79 Å². The SMILES string of the molecule is CN=C(NCCSc1ccccc1)NCCC(=O)NC(C)C. The van der Waals surface area contributed by atoms with Crippen LogP contribution in [0.5, 0.6) is 0 Å². The number of aliphatic imine (C=N–C) groups is 1. The molecule has 0 saturated carbocycles. The number of nitrogens with one attached hydrogen (secondary N) is 3. The molecule has 1 aromatic carbocycles. The Morgan fingerprint density at radius 2 is 1.86 bits per heavy atom. The summed E-state index contributed by atoms with van der Waals surface area (Å²) in [5.74, 6) is 1.74. The van der Waals surface area contributed by atoms with E-state index in [1.807, 2.05) is 32.0 Å². The minimum Gasteiger partial charge on any atom is -0.356 e. The predicted molar refractivity (Wildman–Crippen MR) is 94.4 cm³/mol. The molecule has 0 bridgehead atoms. The van der Waals surface area contributed by atoms with Crippen LogP contribution >= 0.6 is 11.8 Å². The van der Waals surface area contributed by atoms with Crippen molar-refractivity contribution in [1.82, 2.24) is 16.0 Å². The maximum Gasteiger partial charge on any atom is 0.221 e. The number of guanidine groups is 1. The largest absolute Gasteiger partial charge is 0.356 e. The van der Waals surface area contributed by atoms with Crippen molar-refractivity contribution in [2.24, 2.45) is 4.99 Å². The molecular weight excluding hydrogens is 296 g/mol. The van der Waals surface area contributed by atoms with Gasteiger partial charge in [0.25, 0.3) is 0 Å². The van der Waals surface area contributed by atoms with E-state index in [2.05, 4.69) is 33.1 Å². The van der Waals surface area contributed by atoms with E-state index < -0.39 is 0 Å². The summed E-state index contributed by atoms with van der Waals surface area (Å²) < 4.78 is 0. The lowest BCUT2D eigenvalue weighted by Gasteiger charge is -2.12. The van der Waals surface area contributed by atoms with Gasteiger partial charge in [-0.2, -0.15) is 0 Å². The van der Waals surface area contributed by atoms with Crippen molar-refractivity contribution >= 4 is 23.6 Å². The van der Waals surface area contributed by atoms with Crippen LogP contribution in [-0.4, -0.2) is 43.8 Å². The van der Waals surface area contributed by atoms with Gasteiger partial charge in [-0.25, -0.2) is 0 Å². The average Bonchev–Trinajstić information content (AvgIpc) is 2.50. The number of carbonyl (C=O) groups excluding carboxylic acids is 1. The number of hydrogen-bond donors (Lipinski definition) is 3. The number of nitrogens with zero attached hydrogens (tertiary/aromatic N) is 1. The molecule has 0 heterocycles. The summed E-state index contributed by atoms with van der Waals surface area (Å²) in [5, 5.41) is 9.24. The number of rotatable bonds is 8. The molecule has 1 amide bonds. The number of hydrogen-bond acceptors (Lipinski definition) is 3. The van der Waals surface area contributed by atoms with E-state index in [1.165, 1.54) is 4.90 Å². The summed E-state index contributed by atoms with van der Waals surface area (Å²) in [5.41, 5.74) is 0. The van der Waals surface area contributed by atoms with E-state index in [9.17, 15) is 4.79 Å². The Hall–Kier alpha value is -1.69. The van der Waals surface area contributed by atoms with Crippen molar-refractivity contribution in [1.29, 1.82) is 0 Å². The van der Waals surface area contributed by atoms with E-state index in [0.29, 0.717) is 13.0 Å². The molecule has 0 aromatic heterocycles. The quantitative estimate of drug-likeness (QED) is 0.296. The summed E-state index contributed by atoms with van der Waals surface area (Å²) in [6.07, 6.45) is 0.442. The molecule has 3 N–H and O–H groups in total. The molecule has 6 heteroatoms. The van der Waals surface area contributed by atoms with Crippen LogP contribution < -0.4 is 16.0 Å². The minimum absolute atomic E-state index is 0.0533. The van der Waals surface area contributed by atoms with Crippen LogP contribution in [0.25, 0.3) is 0 Å². The second-order valence-corrected chi connectivity index (χ2v) is 6.23. The van der Waals surface area contributed by atoms with E-state index in [4.69, 9.17) is 0 Å². The van der Waals surface area contributed by atoms with Crippen molar-refractivity contribution in [3.8, 4) is 0 Å². The zero-order valence-corrected chi connectivity index (χ0v) is 14.4. The van der Waals surface area contributed by atoms with Gasteiger partial charge in [0.05, 0.1) is 0 Å². The molecule has 0 radical (unpaired) electrons. The van der Waals surface area contributed by atoms with Crippen LogP contribution in [0.15, 0.2) is 40.2 Å². The van der Waals surface area contributed by atoms with Gasteiger partial charge in [0.15, 0.2) is 5.96 Å². The minimum atomic E-state index is 0.0533. The fourth-order valence-corrected chi connectivity index (χ4v) is 2.55. The van der Waals surface area contributed by atoms with E-state index in [1.54, 1.807) is 18.8 Å². The van der Waals surface area contributed by atoms with Crippen molar-refractivity contribution < 1.29 is 4.79 Å². The van der Waals surface area contributed by atoms with Crippen molar-refractivity contribution in [3.63, 3.8) is 0 Å². The predicted octanol–water partition coefficient (Wildman–Crippen LogP) is 1.86. The van der Waals surface area contributed by atoms with Crippen molar-refractivity contribution in [2.45, 2.75) is 31.2 Å². The maximum absolute atomic E-state index is 11.5. The first-order chi connectivity index (χ1) is 10.6. The second kappa shape index (κ2) is 11.0. The number of amides is 1. The van der Waals surface area contributed by atoms with Gasteiger partial charge in [0.1, 0.15) is 0 Å². The zero-order valence-electron chi connectivity index (χ0n) is 13.6. The molecule has 0 aliphatic carbocycles. The first kappa shape index (κ1) is 18.4. The van der Waals surface area contributed by atoms with Gasteiger partial charge in [-0.05, 0) is 26.0 Å². The van der Waals surface area contributed by atoms with Crippen molar-refractivity contribution in [3.05, 3.63) is 30.3 Å². The van der Waals surface area contributed by atoms with Crippen LogP contribution in [0.4, 0.5) is 0 Å². The lowest BCUT2D eigenvalue weighted by molar-refractivity contribution is -0.121. The molecule has 1 aromatic rings. The molecule has 22 heavy (non-hydrogen) atoms. The lowest BCUT2D eigenvalue weighted by atomic mass is 10.3. The highest BCUT2D eigenvalue weighted by atomic mass is 32.2. The Bertz CT molecular complexity index is 462. The lowest BCUT2D eigenvalue weighted by Crippen LogP contribution is -2.40. The third-order valence-electron chi connectivity index (χ3n) is 2.72. The Morgan fingerprint density at radius 3 is 2.50 bits per heavy atom.